The lowest BCUT2D eigenvalue weighted by molar-refractivity contribution is -0.383. The first-order chi connectivity index (χ1) is 12.8. The fourth-order valence-corrected chi connectivity index (χ4v) is 2.98. The van der Waals surface area contributed by atoms with E-state index in [2.05, 4.69) is 16.0 Å². The SMILES string of the molecule is O=C(O)CN1C(=O)C(CCCNC(=S)Nc2ccccc2[N+](=O)[O-])NC1=S. The normalized spacial score (nSPS) is 16.0. The Labute approximate surface area is 165 Å². The quantitative estimate of drug-likeness (QED) is 0.211. The van der Waals surface area contributed by atoms with Gasteiger partial charge in [-0.25, -0.2) is 0 Å². The number of carbonyl (C=O) groups is 2. The average molecular weight is 411 g/mol. The van der Waals surface area contributed by atoms with E-state index in [-0.39, 0.29) is 27.5 Å². The van der Waals surface area contributed by atoms with Gasteiger partial charge in [0.25, 0.3) is 11.6 Å². The molecular formula is C15H17N5O5S2. The van der Waals surface area contributed by atoms with Crippen molar-refractivity contribution in [3.05, 3.63) is 34.4 Å². The summed E-state index contributed by atoms with van der Waals surface area (Å²) in [7, 11) is 0. The van der Waals surface area contributed by atoms with Gasteiger partial charge in [-0.1, -0.05) is 12.1 Å². The van der Waals surface area contributed by atoms with Crippen molar-refractivity contribution in [3.63, 3.8) is 0 Å². The van der Waals surface area contributed by atoms with Crippen LogP contribution in [0.4, 0.5) is 11.4 Å². The number of nitro benzene ring substituents is 1. The minimum absolute atomic E-state index is 0.0885. The highest BCUT2D eigenvalue weighted by atomic mass is 32.1. The average Bonchev–Trinajstić information content (AvgIpc) is 2.86. The van der Waals surface area contributed by atoms with Crippen molar-refractivity contribution >= 4 is 57.9 Å². The largest absolute Gasteiger partial charge is 0.480 e. The maximum atomic E-state index is 12.1. The van der Waals surface area contributed by atoms with Crippen LogP contribution in [0.5, 0.6) is 0 Å². The summed E-state index contributed by atoms with van der Waals surface area (Å²) in [6.07, 6.45) is 0.974. The van der Waals surface area contributed by atoms with E-state index in [1.54, 1.807) is 18.2 Å². The molecule has 1 unspecified atom stereocenters. The molecule has 0 spiro atoms. The Bertz CT molecular complexity index is 788. The van der Waals surface area contributed by atoms with Gasteiger partial charge >= 0.3 is 5.97 Å². The predicted molar refractivity (Wildman–Crippen MR) is 105 cm³/mol. The third-order valence-corrected chi connectivity index (χ3v) is 4.29. The summed E-state index contributed by atoms with van der Waals surface area (Å²) in [5.74, 6) is -1.51. The molecule has 2 rings (SSSR count). The molecule has 0 aliphatic carbocycles. The van der Waals surface area contributed by atoms with Gasteiger partial charge in [-0.05, 0) is 43.3 Å². The van der Waals surface area contributed by atoms with Crippen LogP contribution in [0.1, 0.15) is 12.8 Å². The number of thiocarbonyl (C=S) groups is 2. The molecule has 1 aliphatic heterocycles. The highest BCUT2D eigenvalue weighted by Crippen LogP contribution is 2.22. The molecule has 4 N–H and O–H groups in total. The lowest BCUT2D eigenvalue weighted by atomic mass is 10.1. The second-order valence-corrected chi connectivity index (χ2v) is 6.41. The zero-order valence-electron chi connectivity index (χ0n) is 14.0. The van der Waals surface area contributed by atoms with Gasteiger partial charge in [0.2, 0.25) is 0 Å². The summed E-state index contributed by atoms with van der Waals surface area (Å²) in [6.45, 7) is -0.0487. The van der Waals surface area contributed by atoms with Gasteiger partial charge in [-0.2, -0.15) is 0 Å². The van der Waals surface area contributed by atoms with Crippen LogP contribution in [-0.2, 0) is 9.59 Å². The second kappa shape index (κ2) is 9.19. The molecule has 1 fully saturated rings. The van der Waals surface area contributed by atoms with Crippen LogP contribution in [0, 0.1) is 10.1 Å². The monoisotopic (exact) mass is 411 g/mol. The summed E-state index contributed by atoms with van der Waals surface area (Å²) < 4.78 is 0. The fourth-order valence-electron chi connectivity index (χ4n) is 2.47. The Morgan fingerprint density at radius 1 is 1.41 bits per heavy atom. The van der Waals surface area contributed by atoms with Crippen LogP contribution in [0.3, 0.4) is 0 Å². The van der Waals surface area contributed by atoms with Crippen molar-refractivity contribution in [1.82, 2.24) is 15.5 Å². The summed E-state index contributed by atoms with van der Waals surface area (Å²) in [6, 6.07) is 5.56. The number of anilines is 1. The Hall–Kier alpha value is -2.86. The number of para-hydroxylation sites is 2. The number of amides is 1. The van der Waals surface area contributed by atoms with Gasteiger partial charge in [0, 0.05) is 12.6 Å². The number of nitrogens with zero attached hydrogens (tertiary/aromatic N) is 2. The van der Waals surface area contributed by atoms with Crippen LogP contribution in [-0.4, -0.2) is 56.2 Å². The lowest BCUT2D eigenvalue weighted by Gasteiger charge is -2.12. The van der Waals surface area contributed by atoms with Crippen molar-refractivity contribution < 1.29 is 19.6 Å². The Morgan fingerprint density at radius 3 is 2.78 bits per heavy atom. The number of carboxylic acids is 1. The smallest absolute Gasteiger partial charge is 0.323 e. The molecule has 1 aromatic rings. The lowest BCUT2D eigenvalue weighted by Crippen LogP contribution is -2.36. The maximum absolute atomic E-state index is 12.1. The number of carbonyl (C=O) groups excluding carboxylic acids is 1. The van der Waals surface area contributed by atoms with E-state index in [1.165, 1.54) is 6.07 Å². The Balaban J connectivity index is 1.77. The van der Waals surface area contributed by atoms with Crippen molar-refractivity contribution in [2.45, 2.75) is 18.9 Å². The number of aliphatic carboxylic acids is 1. The molecule has 10 nitrogen and oxygen atoms in total. The van der Waals surface area contributed by atoms with Crippen LogP contribution < -0.4 is 16.0 Å². The number of rotatable bonds is 8. The van der Waals surface area contributed by atoms with Gasteiger partial charge in [0.05, 0.1) is 4.92 Å². The molecule has 144 valence electrons. The third kappa shape index (κ3) is 5.56. The van der Waals surface area contributed by atoms with Crippen molar-refractivity contribution in [2.24, 2.45) is 0 Å². The molecule has 0 bridgehead atoms. The molecule has 12 heteroatoms. The number of hydrogen-bond acceptors (Lipinski definition) is 6. The van der Waals surface area contributed by atoms with Gasteiger partial charge in [0.15, 0.2) is 10.2 Å². The molecule has 1 aromatic carbocycles. The fraction of sp³-hybridized carbons (Fsp3) is 0.333. The maximum Gasteiger partial charge on any atom is 0.323 e. The highest BCUT2D eigenvalue weighted by molar-refractivity contribution is 7.80. The number of nitro groups is 1. The summed E-state index contributed by atoms with van der Waals surface area (Å²) in [5, 5.41) is 28.6. The van der Waals surface area contributed by atoms with Crippen LogP contribution in [0.25, 0.3) is 0 Å². The molecule has 27 heavy (non-hydrogen) atoms. The minimum Gasteiger partial charge on any atom is -0.480 e. The molecule has 0 radical (unpaired) electrons. The summed E-state index contributed by atoms with van der Waals surface area (Å²) >= 11 is 10.1. The minimum atomic E-state index is -1.14. The zero-order chi connectivity index (χ0) is 20.0. The molecule has 0 saturated carbocycles. The van der Waals surface area contributed by atoms with E-state index in [0.29, 0.717) is 19.4 Å². The van der Waals surface area contributed by atoms with E-state index >= 15 is 0 Å². The first kappa shape index (κ1) is 20.5. The predicted octanol–water partition coefficient (Wildman–Crippen LogP) is 0.831. The van der Waals surface area contributed by atoms with Crippen molar-refractivity contribution in [1.29, 1.82) is 0 Å². The second-order valence-electron chi connectivity index (χ2n) is 5.62. The number of hydrogen-bond donors (Lipinski definition) is 4. The van der Waals surface area contributed by atoms with Gasteiger partial charge < -0.3 is 21.1 Å². The van der Waals surface area contributed by atoms with Crippen LogP contribution in [0.2, 0.25) is 0 Å². The Kier molecular flexibility index (Phi) is 6.96. The molecule has 1 saturated heterocycles. The third-order valence-electron chi connectivity index (χ3n) is 3.70. The van der Waals surface area contributed by atoms with E-state index in [9.17, 15) is 19.7 Å². The molecule has 1 amide bonds. The first-order valence-electron chi connectivity index (χ1n) is 7.91. The van der Waals surface area contributed by atoms with Crippen molar-refractivity contribution in [3.8, 4) is 0 Å². The van der Waals surface area contributed by atoms with Crippen molar-refractivity contribution in [2.75, 3.05) is 18.4 Å². The van der Waals surface area contributed by atoms with Gasteiger partial charge in [0.1, 0.15) is 18.3 Å². The molecular weight excluding hydrogens is 394 g/mol. The number of benzene rings is 1. The molecule has 1 atom stereocenters. The highest BCUT2D eigenvalue weighted by Gasteiger charge is 2.35. The van der Waals surface area contributed by atoms with E-state index in [4.69, 9.17) is 29.5 Å². The van der Waals surface area contributed by atoms with Gasteiger partial charge in [-0.15, -0.1) is 0 Å². The van der Waals surface area contributed by atoms with Gasteiger partial charge in [-0.3, -0.25) is 24.6 Å². The Morgan fingerprint density at radius 2 is 2.11 bits per heavy atom. The van der Waals surface area contributed by atoms with E-state index in [1.807, 2.05) is 0 Å². The van der Waals surface area contributed by atoms with E-state index < -0.39 is 23.5 Å². The standard InChI is InChI=1S/C15H17N5O5S2/c21-12(22)8-19-13(23)10(18-15(19)27)5-3-7-16-14(26)17-9-4-1-2-6-11(9)20(24)25/h1-2,4,6,10H,3,5,7-8H2,(H,18,27)(H,21,22)(H2,16,17,26). The van der Waals surface area contributed by atoms with E-state index in [0.717, 1.165) is 4.90 Å². The number of nitrogens with one attached hydrogen (secondary N) is 3. The topological polar surface area (TPSA) is 137 Å². The summed E-state index contributed by atoms with van der Waals surface area (Å²) in [5.41, 5.74) is 0.191. The molecule has 0 aromatic heterocycles. The summed E-state index contributed by atoms with van der Waals surface area (Å²) in [4.78, 5) is 34.4. The number of carboxylic acid groups (broad SMARTS) is 1. The molecule has 1 heterocycles. The first-order valence-corrected chi connectivity index (χ1v) is 8.73. The van der Waals surface area contributed by atoms with Crippen LogP contribution >= 0.6 is 24.4 Å². The van der Waals surface area contributed by atoms with Crippen LogP contribution in [0.15, 0.2) is 24.3 Å². The zero-order valence-corrected chi connectivity index (χ0v) is 15.6. The molecule has 1 aliphatic rings.